The first-order valence-corrected chi connectivity index (χ1v) is 10.5. The van der Waals surface area contributed by atoms with Gasteiger partial charge in [0.2, 0.25) is 0 Å². The third-order valence-corrected chi connectivity index (χ3v) is 6.30. The van der Waals surface area contributed by atoms with Crippen LogP contribution in [0.2, 0.25) is 0 Å². The van der Waals surface area contributed by atoms with Crippen LogP contribution in [0.25, 0.3) is 0 Å². The first-order chi connectivity index (χ1) is 14.1. The molecule has 5 rings (SSSR count). The summed E-state index contributed by atoms with van der Waals surface area (Å²) in [6.45, 7) is 5.84. The van der Waals surface area contributed by atoms with Gasteiger partial charge in [0.05, 0.1) is 24.7 Å². The van der Waals surface area contributed by atoms with Crippen LogP contribution >= 0.6 is 0 Å². The molecule has 0 aromatic carbocycles. The standard InChI is InChI=1S/C21H26N6O2/c1-15-23-12-16-4-11-29-21(19(16)24-15)5-9-26(10-6-21)18-14-22-13-17(25-18)20(28)27-7-2-3-8-27/h12-14H,2-11H2,1H3. The number of nitrogens with zero attached hydrogens (tertiary/aromatic N) is 6. The van der Waals surface area contributed by atoms with Crippen LogP contribution in [-0.2, 0) is 16.8 Å². The predicted molar refractivity (Wildman–Crippen MR) is 107 cm³/mol. The van der Waals surface area contributed by atoms with Crippen molar-refractivity contribution in [1.29, 1.82) is 0 Å². The first kappa shape index (κ1) is 18.4. The molecule has 0 aliphatic carbocycles. The van der Waals surface area contributed by atoms with E-state index in [2.05, 4.69) is 19.9 Å². The van der Waals surface area contributed by atoms with Gasteiger partial charge in [-0.1, -0.05) is 0 Å². The van der Waals surface area contributed by atoms with E-state index >= 15 is 0 Å². The maximum absolute atomic E-state index is 12.7. The second-order valence-electron chi connectivity index (χ2n) is 8.13. The molecule has 2 aromatic rings. The van der Waals surface area contributed by atoms with Crippen LogP contribution in [0, 0.1) is 6.92 Å². The van der Waals surface area contributed by atoms with Crippen LogP contribution in [-0.4, -0.2) is 63.5 Å². The van der Waals surface area contributed by atoms with Crippen LogP contribution in [0.1, 0.15) is 53.3 Å². The molecular weight excluding hydrogens is 368 g/mol. The predicted octanol–water partition coefficient (Wildman–Crippen LogP) is 1.88. The Morgan fingerprint density at radius 1 is 1.07 bits per heavy atom. The van der Waals surface area contributed by atoms with Gasteiger partial charge in [-0.2, -0.15) is 0 Å². The maximum Gasteiger partial charge on any atom is 0.274 e. The molecule has 1 amide bonds. The molecule has 152 valence electrons. The molecule has 29 heavy (non-hydrogen) atoms. The molecule has 0 N–H and O–H groups in total. The Kier molecular flexibility index (Phi) is 4.66. The molecule has 1 spiro atoms. The smallest absolute Gasteiger partial charge is 0.274 e. The van der Waals surface area contributed by atoms with Crippen molar-refractivity contribution in [3.63, 3.8) is 0 Å². The number of carbonyl (C=O) groups is 1. The largest absolute Gasteiger partial charge is 0.368 e. The van der Waals surface area contributed by atoms with Crippen molar-refractivity contribution >= 4 is 11.7 Å². The average Bonchev–Trinajstić information content (AvgIpc) is 3.30. The van der Waals surface area contributed by atoms with Crippen LogP contribution < -0.4 is 4.90 Å². The Hall–Kier alpha value is -2.61. The molecule has 5 heterocycles. The van der Waals surface area contributed by atoms with Crippen molar-refractivity contribution in [2.75, 3.05) is 37.7 Å². The minimum absolute atomic E-state index is 0.0120. The van der Waals surface area contributed by atoms with Crippen LogP contribution in [0.15, 0.2) is 18.6 Å². The zero-order valence-corrected chi connectivity index (χ0v) is 16.8. The summed E-state index contributed by atoms with van der Waals surface area (Å²) in [7, 11) is 0. The highest BCUT2D eigenvalue weighted by molar-refractivity contribution is 5.92. The topological polar surface area (TPSA) is 84.3 Å². The molecule has 0 saturated carbocycles. The summed E-state index contributed by atoms with van der Waals surface area (Å²) >= 11 is 0. The zero-order valence-electron chi connectivity index (χ0n) is 16.8. The minimum Gasteiger partial charge on any atom is -0.368 e. The summed E-state index contributed by atoms with van der Waals surface area (Å²) in [6.07, 6.45) is 9.96. The highest BCUT2D eigenvalue weighted by Crippen LogP contribution is 2.40. The number of rotatable bonds is 2. The van der Waals surface area contributed by atoms with E-state index in [-0.39, 0.29) is 11.5 Å². The Bertz CT molecular complexity index is 919. The van der Waals surface area contributed by atoms with E-state index in [0.717, 1.165) is 75.6 Å². The van der Waals surface area contributed by atoms with Crippen LogP contribution in [0.3, 0.4) is 0 Å². The minimum atomic E-state index is -0.339. The number of aromatic nitrogens is 4. The number of amides is 1. The molecule has 8 nitrogen and oxygen atoms in total. The Labute approximate surface area is 170 Å². The fraction of sp³-hybridized carbons (Fsp3) is 0.571. The number of piperidine rings is 1. The van der Waals surface area contributed by atoms with E-state index in [1.54, 1.807) is 12.4 Å². The fourth-order valence-electron chi connectivity index (χ4n) is 4.67. The summed E-state index contributed by atoms with van der Waals surface area (Å²) in [5, 5.41) is 0. The molecule has 0 bridgehead atoms. The van der Waals surface area contributed by atoms with Crippen LogP contribution in [0.5, 0.6) is 0 Å². The number of fused-ring (bicyclic) bond motifs is 2. The van der Waals surface area contributed by atoms with E-state index in [9.17, 15) is 4.79 Å². The normalized spacial score (nSPS) is 20.7. The van der Waals surface area contributed by atoms with Crippen molar-refractivity contribution in [3.05, 3.63) is 41.4 Å². The van der Waals surface area contributed by atoms with E-state index in [1.165, 1.54) is 5.56 Å². The second-order valence-corrected chi connectivity index (χ2v) is 8.13. The average molecular weight is 394 g/mol. The lowest BCUT2D eigenvalue weighted by Gasteiger charge is -2.44. The molecule has 2 aromatic heterocycles. The number of aryl methyl sites for hydroxylation is 1. The highest BCUT2D eigenvalue weighted by atomic mass is 16.5. The quantitative estimate of drug-likeness (QED) is 0.769. The lowest BCUT2D eigenvalue weighted by Crippen LogP contribution is -2.47. The van der Waals surface area contributed by atoms with Gasteiger partial charge in [-0.3, -0.25) is 9.78 Å². The van der Waals surface area contributed by atoms with E-state index < -0.39 is 0 Å². The van der Waals surface area contributed by atoms with Gasteiger partial charge in [0.25, 0.3) is 5.91 Å². The van der Waals surface area contributed by atoms with Crippen molar-refractivity contribution in [1.82, 2.24) is 24.8 Å². The third-order valence-electron chi connectivity index (χ3n) is 6.30. The van der Waals surface area contributed by atoms with Gasteiger partial charge in [-0.05, 0) is 44.6 Å². The van der Waals surface area contributed by atoms with Crippen molar-refractivity contribution in [2.45, 2.75) is 44.6 Å². The van der Waals surface area contributed by atoms with Crippen molar-refractivity contribution < 1.29 is 9.53 Å². The molecule has 8 heteroatoms. The van der Waals surface area contributed by atoms with Crippen LogP contribution in [0.4, 0.5) is 5.82 Å². The lowest BCUT2D eigenvalue weighted by atomic mass is 9.83. The Morgan fingerprint density at radius 3 is 2.66 bits per heavy atom. The van der Waals surface area contributed by atoms with Gasteiger partial charge in [-0.15, -0.1) is 0 Å². The Balaban J connectivity index is 1.34. The lowest BCUT2D eigenvalue weighted by molar-refractivity contribution is -0.0803. The van der Waals surface area contributed by atoms with E-state index in [1.807, 2.05) is 18.0 Å². The number of carbonyl (C=O) groups excluding carboxylic acids is 1. The van der Waals surface area contributed by atoms with Gasteiger partial charge in [-0.25, -0.2) is 15.0 Å². The van der Waals surface area contributed by atoms with Gasteiger partial charge in [0.15, 0.2) is 0 Å². The monoisotopic (exact) mass is 394 g/mol. The number of hydrogen-bond donors (Lipinski definition) is 0. The first-order valence-electron chi connectivity index (χ1n) is 10.5. The number of hydrogen-bond acceptors (Lipinski definition) is 7. The molecule has 0 atom stereocenters. The summed E-state index contributed by atoms with van der Waals surface area (Å²) < 4.78 is 6.29. The van der Waals surface area contributed by atoms with Crippen molar-refractivity contribution in [3.8, 4) is 0 Å². The van der Waals surface area contributed by atoms with Crippen molar-refractivity contribution in [2.24, 2.45) is 0 Å². The third kappa shape index (κ3) is 3.35. The highest BCUT2D eigenvalue weighted by Gasteiger charge is 2.42. The molecule has 2 fully saturated rings. The number of anilines is 1. The molecule has 3 aliphatic rings. The summed E-state index contributed by atoms with van der Waals surface area (Å²) in [6, 6.07) is 0. The molecule has 0 radical (unpaired) electrons. The molecule has 0 unspecified atom stereocenters. The molecule has 2 saturated heterocycles. The molecular formula is C21H26N6O2. The number of ether oxygens (including phenoxy) is 1. The SMILES string of the molecule is Cc1ncc2c(n1)C1(CCN(c3cncc(C(=O)N4CCCC4)n3)CC1)OCC2. The summed E-state index contributed by atoms with van der Waals surface area (Å²) in [5.74, 6) is 1.54. The summed E-state index contributed by atoms with van der Waals surface area (Å²) in [5.41, 5.74) is 2.36. The Morgan fingerprint density at radius 2 is 1.86 bits per heavy atom. The number of likely N-dealkylation sites (tertiary alicyclic amines) is 1. The van der Waals surface area contributed by atoms with Gasteiger partial charge in [0.1, 0.15) is 22.9 Å². The van der Waals surface area contributed by atoms with E-state index in [0.29, 0.717) is 12.3 Å². The second kappa shape index (κ2) is 7.33. The van der Waals surface area contributed by atoms with Gasteiger partial charge in [0, 0.05) is 32.4 Å². The molecule has 3 aliphatic heterocycles. The maximum atomic E-state index is 12.7. The van der Waals surface area contributed by atoms with Gasteiger partial charge >= 0.3 is 0 Å². The zero-order chi connectivity index (χ0) is 19.8. The van der Waals surface area contributed by atoms with Gasteiger partial charge < -0.3 is 14.5 Å². The fourth-order valence-corrected chi connectivity index (χ4v) is 4.67. The summed E-state index contributed by atoms with van der Waals surface area (Å²) in [4.78, 5) is 34.8. The van der Waals surface area contributed by atoms with E-state index in [4.69, 9.17) is 9.72 Å².